The molecule has 0 spiro atoms. The van der Waals surface area contributed by atoms with E-state index < -0.39 is 11.0 Å². The number of nitrogens with zero attached hydrogens (tertiary/aromatic N) is 1. The van der Waals surface area contributed by atoms with Gasteiger partial charge in [-0.1, -0.05) is 6.07 Å². The largest absolute Gasteiger partial charge is 0.496 e. The molecule has 0 amide bonds. The van der Waals surface area contributed by atoms with Crippen molar-refractivity contribution in [2.45, 2.75) is 25.9 Å². The van der Waals surface area contributed by atoms with Crippen LogP contribution in [0.3, 0.4) is 0 Å². The average Bonchev–Trinajstić information content (AvgIpc) is 2.27. The van der Waals surface area contributed by atoms with E-state index in [0.717, 1.165) is 0 Å². The summed E-state index contributed by atoms with van der Waals surface area (Å²) >= 11 is 0. The fraction of sp³-hybridized carbons (Fsp3) is 0.417. The highest BCUT2D eigenvalue weighted by molar-refractivity contribution is 5.76. The zero-order valence-corrected chi connectivity index (χ0v) is 10.3. The van der Waals surface area contributed by atoms with Crippen LogP contribution in [0.25, 0.3) is 0 Å². The zero-order valence-electron chi connectivity index (χ0n) is 10.3. The molecular formula is C12H15NO5. The van der Waals surface area contributed by atoms with Gasteiger partial charge in [-0.05, 0) is 13.0 Å². The quantitative estimate of drug-likeness (QED) is 0.612. The Bertz CT molecular complexity index is 458. The number of methoxy groups -OCH3 is 1. The number of ketones is 1. The Balaban J connectivity index is 3.04. The molecule has 0 bridgehead atoms. The first kappa shape index (κ1) is 14.1. The molecule has 0 saturated carbocycles. The average molecular weight is 253 g/mol. The number of rotatable bonds is 6. The van der Waals surface area contributed by atoms with Gasteiger partial charge in [0.1, 0.15) is 11.5 Å². The fourth-order valence-electron chi connectivity index (χ4n) is 1.76. The summed E-state index contributed by atoms with van der Waals surface area (Å²) in [6.45, 7) is 1.36. The minimum Gasteiger partial charge on any atom is -0.496 e. The van der Waals surface area contributed by atoms with Crippen molar-refractivity contribution in [3.05, 3.63) is 33.9 Å². The van der Waals surface area contributed by atoms with Crippen molar-refractivity contribution in [2.24, 2.45) is 0 Å². The molecule has 0 saturated heterocycles. The predicted octanol–water partition coefficient (Wildman–Crippen LogP) is 1.49. The van der Waals surface area contributed by atoms with E-state index >= 15 is 0 Å². The highest BCUT2D eigenvalue weighted by Crippen LogP contribution is 2.29. The van der Waals surface area contributed by atoms with Gasteiger partial charge in [-0.2, -0.15) is 0 Å². The molecule has 1 aromatic carbocycles. The smallest absolute Gasteiger partial charge is 0.276 e. The number of nitro benzene ring substituents is 1. The Morgan fingerprint density at radius 2 is 2.22 bits per heavy atom. The van der Waals surface area contributed by atoms with Crippen molar-refractivity contribution >= 4 is 11.5 Å². The molecule has 0 aliphatic carbocycles. The van der Waals surface area contributed by atoms with Crippen LogP contribution in [0.1, 0.15) is 18.9 Å². The number of ether oxygens (including phenoxy) is 1. The molecule has 0 heterocycles. The van der Waals surface area contributed by atoms with Crippen molar-refractivity contribution in [3.63, 3.8) is 0 Å². The third kappa shape index (κ3) is 3.53. The van der Waals surface area contributed by atoms with Gasteiger partial charge in [0.15, 0.2) is 0 Å². The number of Topliss-reactive ketones (excluding diaryl/α,β-unsaturated/α-hetero) is 1. The molecule has 0 aromatic heterocycles. The van der Waals surface area contributed by atoms with Crippen LogP contribution >= 0.6 is 0 Å². The first-order chi connectivity index (χ1) is 8.45. The summed E-state index contributed by atoms with van der Waals surface area (Å²) in [7, 11) is 1.40. The lowest BCUT2D eigenvalue weighted by Gasteiger charge is -2.12. The molecule has 1 N–H and O–H groups in total. The third-order valence-electron chi connectivity index (χ3n) is 2.49. The third-order valence-corrected chi connectivity index (χ3v) is 2.49. The number of aliphatic hydroxyl groups excluding tert-OH is 1. The van der Waals surface area contributed by atoms with Crippen LogP contribution in [-0.4, -0.2) is 29.0 Å². The molecule has 1 aromatic rings. The second kappa shape index (κ2) is 6.11. The van der Waals surface area contributed by atoms with E-state index in [0.29, 0.717) is 11.3 Å². The van der Waals surface area contributed by atoms with Gasteiger partial charge in [0.25, 0.3) is 5.69 Å². The van der Waals surface area contributed by atoms with Crippen LogP contribution in [0.2, 0.25) is 0 Å². The number of aliphatic hydroxyl groups is 1. The van der Waals surface area contributed by atoms with E-state index in [4.69, 9.17) is 4.74 Å². The molecule has 1 unspecified atom stereocenters. The van der Waals surface area contributed by atoms with Gasteiger partial charge in [-0.25, -0.2) is 0 Å². The number of nitro groups is 1. The normalized spacial score (nSPS) is 11.9. The summed E-state index contributed by atoms with van der Waals surface area (Å²) in [5.74, 6) is 0.173. The van der Waals surface area contributed by atoms with Crippen molar-refractivity contribution < 1.29 is 19.6 Å². The summed E-state index contributed by atoms with van der Waals surface area (Å²) in [5.41, 5.74) is 0.190. The molecular weight excluding hydrogens is 238 g/mol. The van der Waals surface area contributed by atoms with Gasteiger partial charge in [0, 0.05) is 18.9 Å². The minimum atomic E-state index is -0.947. The predicted molar refractivity (Wildman–Crippen MR) is 64.7 cm³/mol. The van der Waals surface area contributed by atoms with Gasteiger partial charge >= 0.3 is 0 Å². The standard InChI is InChI=1S/C12H15NO5/c1-8(14)6-9(15)7-10-11(13(16)17)4-3-5-12(10)18-2/h3-5,9,15H,6-7H2,1-2H3. The second-order valence-corrected chi connectivity index (χ2v) is 3.98. The van der Waals surface area contributed by atoms with Crippen LogP contribution < -0.4 is 4.74 Å². The number of hydrogen-bond donors (Lipinski definition) is 1. The molecule has 18 heavy (non-hydrogen) atoms. The Labute approximate surface area is 104 Å². The monoisotopic (exact) mass is 253 g/mol. The SMILES string of the molecule is COc1cccc([N+](=O)[O-])c1CC(O)CC(C)=O. The maximum atomic E-state index is 10.9. The lowest BCUT2D eigenvalue weighted by Crippen LogP contribution is -2.16. The maximum absolute atomic E-state index is 10.9. The summed E-state index contributed by atoms with van der Waals surface area (Å²) < 4.78 is 5.04. The molecule has 0 radical (unpaired) electrons. The van der Waals surface area contributed by atoms with Crippen molar-refractivity contribution in [1.29, 1.82) is 0 Å². The summed E-state index contributed by atoms with van der Waals surface area (Å²) in [4.78, 5) is 21.3. The van der Waals surface area contributed by atoms with Gasteiger partial charge in [-0.15, -0.1) is 0 Å². The fourth-order valence-corrected chi connectivity index (χ4v) is 1.76. The molecule has 0 aliphatic rings. The van der Waals surface area contributed by atoms with Gasteiger partial charge < -0.3 is 9.84 Å². The van der Waals surface area contributed by atoms with Crippen LogP contribution in [0.5, 0.6) is 5.75 Å². The minimum absolute atomic E-state index is 0.0138. The number of carbonyl (C=O) groups excluding carboxylic acids is 1. The number of hydrogen-bond acceptors (Lipinski definition) is 5. The van der Waals surface area contributed by atoms with Crippen molar-refractivity contribution in [3.8, 4) is 5.75 Å². The lowest BCUT2D eigenvalue weighted by atomic mass is 10.0. The number of carbonyl (C=O) groups is 1. The van der Waals surface area contributed by atoms with Crippen molar-refractivity contribution in [2.75, 3.05) is 7.11 Å². The van der Waals surface area contributed by atoms with E-state index in [-0.39, 0.29) is 24.3 Å². The van der Waals surface area contributed by atoms with E-state index in [1.165, 1.54) is 26.2 Å². The Kier molecular flexibility index (Phi) is 4.79. The van der Waals surface area contributed by atoms with E-state index in [9.17, 15) is 20.0 Å². The molecule has 0 aliphatic heterocycles. The topological polar surface area (TPSA) is 89.7 Å². The van der Waals surface area contributed by atoms with Crippen LogP contribution in [0, 0.1) is 10.1 Å². The number of benzene rings is 1. The Morgan fingerprint density at radius 1 is 1.56 bits per heavy atom. The molecule has 0 fully saturated rings. The molecule has 6 nitrogen and oxygen atoms in total. The Morgan fingerprint density at radius 3 is 2.72 bits per heavy atom. The zero-order chi connectivity index (χ0) is 13.7. The second-order valence-electron chi connectivity index (χ2n) is 3.98. The van der Waals surface area contributed by atoms with Gasteiger partial charge in [0.05, 0.1) is 23.7 Å². The maximum Gasteiger partial charge on any atom is 0.276 e. The lowest BCUT2D eigenvalue weighted by molar-refractivity contribution is -0.385. The van der Waals surface area contributed by atoms with Gasteiger partial charge in [-0.3, -0.25) is 14.9 Å². The molecule has 1 atom stereocenters. The van der Waals surface area contributed by atoms with E-state index in [1.807, 2.05) is 0 Å². The van der Waals surface area contributed by atoms with Gasteiger partial charge in [0.2, 0.25) is 0 Å². The summed E-state index contributed by atoms with van der Waals surface area (Å²) in [6, 6.07) is 4.44. The molecule has 6 heteroatoms. The highest BCUT2D eigenvalue weighted by atomic mass is 16.6. The van der Waals surface area contributed by atoms with Crippen LogP contribution in [-0.2, 0) is 11.2 Å². The highest BCUT2D eigenvalue weighted by Gasteiger charge is 2.21. The first-order valence-corrected chi connectivity index (χ1v) is 5.43. The van der Waals surface area contributed by atoms with E-state index in [1.54, 1.807) is 6.07 Å². The molecule has 1 rings (SSSR count). The van der Waals surface area contributed by atoms with Crippen LogP contribution in [0.15, 0.2) is 18.2 Å². The summed E-state index contributed by atoms with van der Waals surface area (Å²) in [6.07, 6.45) is -0.965. The van der Waals surface area contributed by atoms with Crippen molar-refractivity contribution in [1.82, 2.24) is 0 Å². The molecule has 98 valence electrons. The van der Waals surface area contributed by atoms with Crippen LogP contribution in [0.4, 0.5) is 5.69 Å². The van der Waals surface area contributed by atoms with E-state index in [2.05, 4.69) is 0 Å². The summed E-state index contributed by atoms with van der Waals surface area (Å²) in [5, 5.41) is 20.6. The Hall–Kier alpha value is -1.95. The first-order valence-electron chi connectivity index (χ1n) is 5.43.